The standard InChI is InChI=1S/C13H16O2S/c14-12(15)7-13(5-6-13)10-8-16-11-4-2-1-3-9(10)11/h8H,1-7H2,(H,14,15). The summed E-state index contributed by atoms with van der Waals surface area (Å²) in [4.78, 5) is 12.4. The Morgan fingerprint density at radius 1 is 1.38 bits per heavy atom. The summed E-state index contributed by atoms with van der Waals surface area (Å²) in [5.74, 6) is -0.645. The topological polar surface area (TPSA) is 37.3 Å². The average molecular weight is 236 g/mol. The average Bonchev–Trinajstić information content (AvgIpc) is 2.89. The van der Waals surface area contributed by atoms with Crippen LogP contribution in [0.4, 0.5) is 0 Å². The number of carboxylic acids is 1. The van der Waals surface area contributed by atoms with Crippen molar-refractivity contribution in [2.45, 2.75) is 50.4 Å². The fourth-order valence-electron chi connectivity index (χ4n) is 2.92. The molecular weight excluding hydrogens is 220 g/mol. The Balaban J connectivity index is 1.94. The Morgan fingerprint density at radius 3 is 2.81 bits per heavy atom. The van der Waals surface area contributed by atoms with Gasteiger partial charge >= 0.3 is 5.97 Å². The maximum absolute atomic E-state index is 10.9. The van der Waals surface area contributed by atoms with Crippen molar-refractivity contribution in [2.24, 2.45) is 0 Å². The number of hydrogen-bond donors (Lipinski definition) is 1. The van der Waals surface area contributed by atoms with Gasteiger partial charge in [0.1, 0.15) is 0 Å². The summed E-state index contributed by atoms with van der Waals surface area (Å²) in [6, 6.07) is 0. The van der Waals surface area contributed by atoms with Gasteiger partial charge in [0.2, 0.25) is 0 Å². The number of carbonyl (C=O) groups is 1. The summed E-state index contributed by atoms with van der Waals surface area (Å²) in [6.07, 6.45) is 7.44. The largest absolute Gasteiger partial charge is 0.481 e. The molecule has 1 heterocycles. The molecule has 2 aliphatic rings. The van der Waals surface area contributed by atoms with Gasteiger partial charge in [0.15, 0.2) is 0 Å². The van der Waals surface area contributed by atoms with Crippen LogP contribution in [-0.2, 0) is 23.1 Å². The van der Waals surface area contributed by atoms with Crippen LogP contribution in [0.5, 0.6) is 0 Å². The molecule has 86 valence electrons. The van der Waals surface area contributed by atoms with Crippen LogP contribution in [0.25, 0.3) is 0 Å². The molecule has 1 aromatic rings. The van der Waals surface area contributed by atoms with Crippen LogP contribution >= 0.6 is 11.3 Å². The van der Waals surface area contributed by atoms with Crippen molar-refractivity contribution in [3.05, 3.63) is 21.4 Å². The van der Waals surface area contributed by atoms with Crippen LogP contribution in [-0.4, -0.2) is 11.1 Å². The van der Waals surface area contributed by atoms with Crippen LogP contribution in [0, 0.1) is 0 Å². The van der Waals surface area contributed by atoms with Crippen LogP contribution in [0.2, 0.25) is 0 Å². The molecule has 3 rings (SSSR count). The van der Waals surface area contributed by atoms with Crippen LogP contribution in [0.1, 0.15) is 48.1 Å². The minimum absolute atomic E-state index is 0.0211. The van der Waals surface area contributed by atoms with E-state index in [-0.39, 0.29) is 5.41 Å². The maximum Gasteiger partial charge on any atom is 0.304 e. The van der Waals surface area contributed by atoms with Gasteiger partial charge in [-0.15, -0.1) is 11.3 Å². The van der Waals surface area contributed by atoms with Crippen LogP contribution in [0.3, 0.4) is 0 Å². The predicted octanol–water partition coefficient (Wildman–Crippen LogP) is 3.13. The minimum atomic E-state index is -0.645. The summed E-state index contributed by atoms with van der Waals surface area (Å²) in [7, 11) is 0. The molecule has 0 saturated heterocycles. The molecule has 0 radical (unpaired) electrons. The Kier molecular flexibility index (Phi) is 2.32. The lowest BCUT2D eigenvalue weighted by Gasteiger charge is -2.18. The predicted molar refractivity (Wildman–Crippen MR) is 64.1 cm³/mol. The van der Waals surface area contributed by atoms with Crippen molar-refractivity contribution >= 4 is 17.3 Å². The second kappa shape index (κ2) is 3.59. The van der Waals surface area contributed by atoms with E-state index in [4.69, 9.17) is 5.11 Å². The van der Waals surface area contributed by atoms with E-state index in [9.17, 15) is 4.79 Å². The molecule has 0 atom stereocenters. The summed E-state index contributed by atoms with van der Waals surface area (Å²) in [5.41, 5.74) is 2.91. The highest BCUT2D eigenvalue weighted by Gasteiger charge is 2.48. The molecule has 1 aromatic heterocycles. The molecule has 1 N–H and O–H groups in total. The van der Waals surface area contributed by atoms with E-state index in [1.165, 1.54) is 41.7 Å². The quantitative estimate of drug-likeness (QED) is 0.875. The van der Waals surface area contributed by atoms with Crippen LogP contribution in [0.15, 0.2) is 5.38 Å². The SMILES string of the molecule is O=C(O)CC1(c2csc3c2CCCC3)CC1. The third-order valence-electron chi connectivity index (χ3n) is 3.98. The fraction of sp³-hybridized carbons (Fsp3) is 0.615. The maximum atomic E-state index is 10.9. The van der Waals surface area contributed by atoms with Gasteiger partial charge in [-0.2, -0.15) is 0 Å². The van der Waals surface area contributed by atoms with E-state index in [1.807, 2.05) is 11.3 Å². The fourth-order valence-corrected chi connectivity index (χ4v) is 4.19. The van der Waals surface area contributed by atoms with Crippen molar-refractivity contribution in [2.75, 3.05) is 0 Å². The van der Waals surface area contributed by atoms with Crippen molar-refractivity contribution in [3.8, 4) is 0 Å². The zero-order valence-corrected chi connectivity index (χ0v) is 10.1. The molecule has 0 aromatic carbocycles. The molecule has 16 heavy (non-hydrogen) atoms. The Hall–Kier alpha value is -0.830. The van der Waals surface area contributed by atoms with E-state index in [1.54, 1.807) is 0 Å². The highest BCUT2D eigenvalue weighted by molar-refractivity contribution is 7.10. The molecular formula is C13H16O2S. The molecule has 0 amide bonds. The highest BCUT2D eigenvalue weighted by Crippen LogP contribution is 2.54. The van der Waals surface area contributed by atoms with Gasteiger partial charge in [-0.3, -0.25) is 4.79 Å². The first-order chi connectivity index (χ1) is 7.71. The molecule has 2 aliphatic carbocycles. The Bertz CT molecular complexity index is 429. The van der Waals surface area contributed by atoms with E-state index in [0.717, 1.165) is 12.8 Å². The van der Waals surface area contributed by atoms with Crippen molar-refractivity contribution in [1.29, 1.82) is 0 Å². The zero-order chi connectivity index (χ0) is 11.2. The number of thiophene rings is 1. The lowest BCUT2D eigenvalue weighted by molar-refractivity contribution is -0.137. The smallest absolute Gasteiger partial charge is 0.304 e. The monoisotopic (exact) mass is 236 g/mol. The molecule has 2 nitrogen and oxygen atoms in total. The summed E-state index contributed by atoms with van der Waals surface area (Å²) >= 11 is 1.85. The number of aryl methyl sites for hydroxylation is 1. The normalized spacial score (nSPS) is 21.5. The van der Waals surface area contributed by atoms with E-state index in [2.05, 4.69) is 5.38 Å². The third-order valence-corrected chi connectivity index (χ3v) is 5.06. The number of aliphatic carboxylic acids is 1. The van der Waals surface area contributed by atoms with Crippen molar-refractivity contribution in [1.82, 2.24) is 0 Å². The van der Waals surface area contributed by atoms with E-state index < -0.39 is 5.97 Å². The first-order valence-corrected chi connectivity index (χ1v) is 6.91. The summed E-state index contributed by atoms with van der Waals surface area (Å²) in [5, 5.41) is 11.2. The van der Waals surface area contributed by atoms with Crippen molar-refractivity contribution < 1.29 is 9.90 Å². The molecule has 0 aliphatic heterocycles. The number of rotatable bonds is 3. The van der Waals surface area contributed by atoms with Gasteiger partial charge in [0, 0.05) is 10.3 Å². The van der Waals surface area contributed by atoms with Gasteiger partial charge in [-0.1, -0.05) is 0 Å². The minimum Gasteiger partial charge on any atom is -0.481 e. The second-order valence-electron chi connectivity index (χ2n) is 5.11. The second-order valence-corrected chi connectivity index (χ2v) is 6.07. The Labute approximate surface area is 99.3 Å². The molecule has 1 saturated carbocycles. The van der Waals surface area contributed by atoms with E-state index >= 15 is 0 Å². The zero-order valence-electron chi connectivity index (χ0n) is 9.29. The number of fused-ring (bicyclic) bond motifs is 1. The summed E-state index contributed by atoms with van der Waals surface area (Å²) in [6.45, 7) is 0. The first-order valence-electron chi connectivity index (χ1n) is 6.03. The van der Waals surface area contributed by atoms with E-state index in [0.29, 0.717) is 6.42 Å². The molecule has 0 spiro atoms. The summed E-state index contributed by atoms with van der Waals surface area (Å²) < 4.78 is 0. The van der Waals surface area contributed by atoms with Gasteiger partial charge < -0.3 is 5.11 Å². The lowest BCUT2D eigenvalue weighted by atomic mass is 9.86. The molecule has 3 heteroatoms. The van der Waals surface area contributed by atoms with Gasteiger partial charge in [-0.05, 0) is 55.0 Å². The molecule has 1 fully saturated rings. The number of hydrogen-bond acceptors (Lipinski definition) is 2. The third kappa shape index (κ3) is 1.58. The number of carboxylic acid groups (broad SMARTS) is 1. The van der Waals surface area contributed by atoms with Gasteiger partial charge in [-0.25, -0.2) is 0 Å². The molecule has 0 bridgehead atoms. The Morgan fingerprint density at radius 2 is 2.12 bits per heavy atom. The van der Waals surface area contributed by atoms with Gasteiger partial charge in [0.25, 0.3) is 0 Å². The molecule has 0 unspecified atom stereocenters. The van der Waals surface area contributed by atoms with Crippen LogP contribution < -0.4 is 0 Å². The first kappa shape index (κ1) is 10.3. The van der Waals surface area contributed by atoms with Crippen molar-refractivity contribution in [3.63, 3.8) is 0 Å². The van der Waals surface area contributed by atoms with Gasteiger partial charge in [0.05, 0.1) is 6.42 Å². The lowest BCUT2D eigenvalue weighted by Crippen LogP contribution is -2.15. The highest BCUT2D eigenvalue weighted by atomic mass is 32.1.